The van der Waals surface area contributed by atoms with Crippen molar-refractivity contribution in [2.24, 2.45) is 11.3 Å². The molecule has 0 aromatic rings. The van der Waals surface area contributed by atoms with Crippen LogP contribution in [0.3, 0.4) is 0 Å². The lowest BCUT2D eigenvalue weighted by atomic mass is 9.79. The predicted octanol–water partition coefficient (Wildman–Crippen LogP) is 3.15. The molecule has 3 heteroatoms. The first-order chi connectivity index (χ1) is 9.58. The maximum absolute atomic E-state index is 5.15. The molecule has 0 amide bonds. The second-order valence-corrected chi connectivity index (χ2v) is 7.17. The van der Waals surface area contributed by atoms with Crippen molar-refractivity contribution in [1.29, 1.82) is 0 Å². The van der Waals surface area contributed by atoms with Crippen LogP contribution in [0.15, 0.2) is 0 Å². The predicted molar refractivity (Wildman–Crippen MR) is 87.2 cm³/mol. The van der Waals surface area contributed by atoms with E-state index in [1.54, 1.807) is 7.11 Å². The van der Waals surface area contributed by atoms with E-state index in [9.17, 15) is 0 Å². The third-order valence-corrected chi connectivity index (χ3v) is 4.43. The maximum Gasteiger partial charge on any atom is 0.0587 e. The van der Waals surface area contributed by atoms with Crippen LogP contribution in [0.1, 0.15) is 52.4 Å². The van der Waals surface area contributed by atoms with Crippen molar-refractivity contribution >= 4 is 0 Å². The van der Waals surface area contributed by atoms with Crippen LogP contribution in [0.25, 0.3) is 0 Å². The fourth-order valence-electron chi connectivity index (χ4n) is 3.66. The van der Waals surface area contributed by atoms with Gasteiger partial charge in [-0.15, -0.1) is 0 Å². The Kier molecular flexibility index (Phi) is 8.74. The van der Waals surface area contributed by atoms with Gasteiger partial charge >= 0.3 is 0 Å². The van der Waals surface area contributed by atoms with Crippen LogP contribution < -0.4 is 5.32 Å². The van der Waals surface area contributed by atoms with Crippen LogP contribution in [0.4, 0.5) is 0 Å². The zero-order chi connectivity index (χ0) is 14.8. The molecule has 0 spiro atoms. The van der Waals surface area contributed by atoms with Gasteiger partial charge in [-0.05, 0) is 31.2 Å². The van der Waals surface area contributed by atoms with Gasteiger partial charge in [0.25, 0.3) is 0 Å². The summed E-state index contributed by atoms with van der Waals surface area (Å²) in [5.41, 5.74) is 0.480. The molecule has 120 valence electrons. The minimum absolute atomic E-state index is 0.480. The van der Waals surface area contributed by atoms with Gasteiger partial charge in [0, 0.05) is 33.3 Å². The Morgan fingerprint density at radius 2 is 1.80 bits per heavy atom. The summed E-state index contributed by atoms with van der Waals surface area (Å²) >= 11 is 0. The zero-order valence-corrected chi connectivity index (χ0v) is 14.2. The van der Waals surface area contributed by atoms with Crippen LogP contribution in [0.5, 0.6) is 0 Å². The molecule has 1 N–H and O–H groups in total. The zero-order valence-electron chi connectivity index (χ0n) is 14.2. The summed E-state index contributed by atoms with van der Waals surface area (Å²) in [5.74, 6) is 0.754. The molecule has 1 aliphatic carbocycles. The minimum Gasteiger partial charge on any atom is -0.383 e. The summed E-state index contributed by atoms with van der Waals surface area (Å²) in [6.07, 6.45) is 8.43. The van der Waals surface area contributed by atoms with E-state index >= 15 is 0 Å². The first-order valence-electron chi connectivity index (χ1n) is 8.46. The molecule has 0 heterocycles. The Morgan fingerprint density at radius 3 is 2.35 bits per heavy atom. The molecule has 0 aromatic heterocycles. The van der Waals surface area contributed by atoms with E-state index in [4.69, 9.17) is 4.74 Å². The van der Waals surface area contributed by atoms with Gasteiger partial charge in [0.2, 0.25) is 0 Å². The lowest BCUT2D eigenvalue weighted by Crippen LogP contribution is -2.44. The Hall–Kier alpha value is -0.120. The Balaban J connectivity index is 2.52. The van der Waals surface area contributed by atoms with Crippen molar-refractivity contribution in [1.82, 2.24) is 10.2 Å². The first-order valence-corrected chi connectivity index (χ1v) is 8.46. The number of hydrogen-bond acceptors (Lipinski definition) is 3. The van der Waals surface area contributed by atoms with E-state index in [-0.39, 0.29) is 0 Å². The van der Waals surface area contributed by atoms with Crippen LogP contribution in [-0.2, 0) is 4.74 Å². The second-order valence-electron chi connectivity index (χ2n) is 7.17. The molecular weight excluding hydrogens is 248 g/mol. The van der Waals surface area contributed by atoms with E-state index in [2.05, 4.69) is 31.1 Å². The van der Waals surface area contributed by atoms with Crippen LogP contribution in [0.2, 0.25) is 0 Å². The monoisotopic (exact) mass is 284 g/mol. The second kappa shape index (κ2) is 9.75. The van der Waals surface area contributed by atoms with Gasteiger partial charge in [0.15, 0.2) is 0 Å². The number of nitrogens with one attached hydrogen (secondary N) is 1. The summed E-state index contributed by atoms with van der Waals surface area (Å²) < 4.78 is 5.15. The summed E-state index contributed by atoms with van der Waals surface area (Å²) in [6, 6.07) is 0. The molecule has 0 unspecified atom stereocenters. The molecule has 1 fully saturated rings. The molecule has 0 aliphatic heterocycles. The SMILES string of the molecule is COCCNCC1(CN(C)CC(C)C)CCCCCC1. The fourth-order valence-corrected chi connectivity index (χ4v) is 3.66. The Labute approximate surface area is 126 Å². The van der Waals surface area contributed by atoms with Gasteiger partial charge < -0.3 is 15.0 Å². The highest BCUT2D eigenvalue weighted by molar-refractivity contribution is 4.86. The average molecular weight is 284 g/mol. The highest BCUT2D eigenvalue weighted by atomic mass is 16.5. The van der Waals surface area contributed by atoms with Gasteiger partial charge in [-0.3, -0.25) is 0 Å². The van der Waals surface area contributed by atoms with Crippen molar-refractivity contribution in [2.75, 3.05) is 46.9 Å². The van der Waals surface area contributed by atoms with Gasteiger partial charge in [0.1, 0.15) is 0 Å². The van der Waals surface area contributed by atoms with Crippen molar-refractivity contribution < 1.29 is 4.74 Å². The highest BCUT2D eigenvalue weighted by Gasteiger charge is 2.31. The molecule has 0 bridgehead atoms. The lowest BCUT2D eigenvalue weighted by Gasteiger charge is -2.37. The van der Waals surface area contributed by atoms with E-state index in [0.717, 1.165) is 25.6 Å². The summed E-state index contributed by atoms with van der Waals surface area (Å²) in [4.78, 5) is 2.55. The standard InChI is InChI=1S/C17H36N2O/c1-16(2)13-19(3)15-17(14-18-11-12-20-4)9-7-5-6-8-10-17/h16,18H,5-15H2,1-4H3. The largest absolute Gasteiger partial charge is 0.383 e. The van der Waals surface area contributed by atoms with Crippen molar-refractivity contribution in [3.8, 4) is 0 Å². The summed E-state index contributed by atoms with van der Waals surface area (Å²) in [5, 5.41) is 3.63. The molecule has 0 atom stereocenters. The van der Waals surface area contributed by atoms with Gasteiger partial charge in [0.05, 0.1) is 6.61 Å². The normalized spacial score (nSPS) is 19.5. The molecular formula is C17H36N2O. The number of ether oxygens (including phenoxy) is 1. The number of nitrogens with zero attached hydrogens (tertiary/aromatic N) is 1. The smallest absolute Gasteiger partial charge is 0.0587 e. The van der Waals surface area contributed by atoms with Crippen molar-refractivity contribution in [2.45, 2.75) is 52.4 Å². The van der Waals surface area contributed by atoms with E-state index < -0.39 is 0 Å². The number of methoxy groups -OCH3 is 1. The molecule has 1 rings (SSSR count). The molecule has 0 saturated heterocycles. The molecule has 20 heavy (non-hydrogen) atoms. The Bertz CT molecular complexity index is 235. The van der Waals surface area contributed by atoms with Crippen molar-refractivity contribution in [3.05, 3.63) is 0 Å². The molecule has 3 nitrogen and oxygen atoms in total. The average Bonchev–Trinajstić information content (AvgIpc) is 2.60. The van der Waals surface area contributed by atoms with Crippen molar-refractivity contribution in [3.63, 3.8) is 0 Å². The molecule has 0 aromatic carbocycles. The molecule has 0 radical (unpaired) electrons. The van der Waals surface area contributed by atoms with E-state index in [1.807, 2.05) is 0 Å². The van der Waals surface area contributed by atoms with Crippen LogP contribution in [0, 0.1) is 11.3 Å². The fraction of sp³-hybridized carbons (Fsp3) is 1.00. The van der Waals surface area contributed by atoms with Gasteiger partial charge in [-0.1, -0.05) is 39.5 Å². The topological polar surface area (TPSA) is 24.5 Å². The summed E-state index contributed by atoms with van der Waals surface area (Å²) in [7, 11) is 4.07. The molecule has 1 aliphatic rings. The maximum atomic E-state index is 5.15. The van der Waals surface area contributed by atoms with Gasteiger partial charge in [-0.25, -0.2) is 0 Å². The van der Waals surface area contributed by atoms with Crippen LogP contribution in [-0.4, -0.2) is 51.8 Å². The third kappa shape index (κ3) is 7.05. The van der Waals surface area contributed by atoms with Crippen LogP contribution >= 0.6 is 0 Å². The number of rotatable bonds is 9. The molecule has 1 saturated carbocycles. The quantitative estimate of drug-likeness (QED) is 0.520. The van der Waals surface area contributed by atoms with Gasteiger partial charge in [-0.2, -0.15) is 0 Å². The van der Waals surface area contributed by atoms with E-state index in [1.165, 1.54) is 51.6 Å². The highest BCUT2D eigenvalue weighted by Crippen LogP contribution is 2.35. The van der Waals surface area contributed by atoms with E-state index in [0.29, 0.717) is 5.41 Å². The Morgan fingerprint density at radius 1 is 1.15 bits per heavy atom. The minimum atomic E-state index is 0.480. The summed E-state index contributed by atoms with van der Waals surface area (Å²) in [6.45, 7) is 10.0. The lowest BCUT2D eigenvalue weighted by molar-refractivity contribution is 0.131. The number of hydrogen-bond donors (Lipinski definition) is 1. The first kappa shape index (κ1) is 17.9. The third-order valence-electron chi connectivity index (χ3n) is 4.43.